The van der Waals surface area contributed by atoms with Crippen molar-refractivity contribution in [3.8, 4) is 0 Å². The van der Waals surface area contributed by atoms with Crippen molar-refractivity contribution in [1.29, 1.82) is 0 Å². The zero-order chi connectivity index (χ0) is 19.5. The molecule has 0 spiro atoms. The molecule has 0 aliphatic carbocycles. The predicted octanol–water partition coefficient (Wildman–Crippen LogP) is 3.75. The maximum atomic E-state index is 12.7. The van der Waals surface area contributed by atoms with Crippen LogP contribution in [0.15, 0.2) is 22.8 Å². The Bertz CT molecular complexity index is 832. The van der Waals surface area contributed by atoms with E-state index in [1.807, 2.05) is 17.0 Å². The Morgan fingerprint density at radius 3 is 3.04 bits per heavy atom. The third-order valence-corrected chi connectivity index (χ3v) is 5.71. The molecule has 1 atom stereocenters. The highest BCUT2D eigenvalue weighted by molar-refractivity contribution is 5.74. The summed E-state index contributed by atoms with van der Waals surface area (Å²) in [7, 11) is 0. The van der Waals surface area contributed by atoms with E-state index < -0.39 is 0 Å². The van der Waals surface area contributed by atoms with Crippen LogP contribution in [0.25, 0.3) is 0 Å². The van der Waals surface area contributed by atoms with Gasteiger partial charge < -0.3 is 19.4 Å². The largest absolute Gasteiger partial charge is 0.467 e. The predicted molar refractivity (Wildman–Crippen MR) is 106 cm³/mol. The average Bonchev–Trinajstić information content (AvgIpc) is 3.23. The van der Waals surface area contributed by atoms with Crippen LogP contribution in [0.2, 0.25) is 0 Å². The number of nitrogens with one attached hydrogen (secondary N) is 1. The topological polar surface area (TPSA) is 67.6 Å². The van der Waals surface area contributed by atoms with Gasteiger partial charge in [-0.2, -0.15) is 0 Å². The van der Waals surface area contributed by atoms with Crippen molar-refractivity contribution in [3.63, 3.8) is 0 Å². The van der Waals surface area contributed by atoms with Crippen LogP contribution < -0.4 is 5.32 Å². The molecule has 2 aromatic heterocycles. The normalized spacial score (nSPS) is 18.5. The van der Waals surface area contributed by atoms with Gasteiger partial charge in [0, 0.05) is 37.3 Å². The summed E-state index contributed by atoms with van der Waals surface area (Å²) in [6.07, 6.45) is 6.92. The number of unbranched alkanes of at least 4 members (excludes halogenated alkanes) is 1. The number of pyridine rings is 1. The molecule has 0 unspecified atom stereocenters. The van der Waals surface area contributed by atoms with Crippen molar-refractivity contribution in [1.82, 2.24) is 15.2 Å². The molecule has 2 amide bonds. The van der Waals surface area contributed by atoms with Crippen LogP contribution in [0.4, 0.5) is 4.79 Å². The van der Waals surface area contributed by atoms with Gasteiger partial charge in [-0.3, -0.25) is 4.98 Å². The molecule has 2 aliphatic heterocycles. The number of aryl methyl sites for hydroxylation is 1. The van der Waals surface area contributed by atoms with Crippen LogP contribution in [0.5, 0.6) is 0 Å². The molecule has 2 aromatic rings. The van der Waals surface area contributed by atoms with E-state index in [0.29, 0.717) is 26.2 Å². The van der Waals surface area contributed by atoms with Gasteiger partial charge in [-0.15, -0.1) is 0 Å². The number of nitrogens with zero attached hydrogens (tertiary/aromatic N) is 2. The van der Waals surface area contributed by atoms with Gasteiger partial charge in [0.1, 0.15) is 5.76 Å². The summed E-state index contributed by atoms with van der Waals surface area (Å²) >= 11 is 0. The van der Waals surface area contributed by atoms with E-state index in [-0.39, 0.29) is 12.1 Å². The maximum Gasteiger partial charge on any atom is 0.318 e. The molecule has 150 valence electrons. The number of ether oxygens (including phenoxy) is 1. The summed E-state index contributed by atoms with van der Waals surface area (Å²) in [5.41, 5.74) is 6.24. The Labute approximate surface area is 166 Å². The quantitative estimate of drug-likeness (QED) is 0.854. The van der Waals surface area contributed by atoms with Gasteiger partial charge in [0.15, 0.2) is 0 Å². The molecule has 6 nitrogen and oxygen atoms in total. The van der Waals surface area contributed by atoms with Gasteiger partial charge in [-0.1, -0.05) is 13.3 Å². The standard InChI is InChI=1S/C22H29N3O3/c1-3-4-7-20-17-11-15(2)28-14-19(17)18-13-25(9-8-21(18)24-20)22(26)23-12-16-6-5-10-27-16/h5-6,10,15H,3-4,7-9,11-14H2,1-2H3,(H,23,26)/t15-/m0/s1. The van der Waals surface area contributed by atoms with Gasteiger partial charge in [0.25, 0.3) is 0 Å². The van der Waals surface area contributed by atoms with Crippen LogP contribution in [0.1, 0.15) is 60.5 Å². The fraction of sp³-hybridized carbons (Fsp3) is 0.545. The molecule has 0 radical (unpaired) electrons. The number of hydrogen-bond donors (Lipinski definition) is 1. The molecule has 0 bridgehead atoms. The molecule has 2 aliphatic rings. The summed E-state index contributed by atoms with van der Waals surface area (Å²) in [5.74, 6) is 0.757. The van der Waals surface area contributed by atoms with Crippen LogP contribution >= 0.6 is 0 Å². The lowest BCUT2D eigenvalue weighted by Crippen LogP contribution is -2.43. The minimum Gasteiger partial charge on any atom is -0.467 e. The van der Waals surface area contributed by atoms with Crippen LogP contribution in [-0.2, 0) is 43.7 Å². The second-order valence-corrected chi connectivity index (χ2v) is 7.78. The van der Waals surface area contributed by atoms with Crippen molar-refractivity contribution in [2.24, 2.45) is 0 Å². The van der Waals surface area contributed by atoms with E-state index in [4.69, 9.17) is 14.1 Å². The van der Waals surface area contributed by atoms with Crippen LogP contribution in [-0.4, -0.2) is 28.6 Å². The highest BCUT2D eigenvalue weighted by Gasteiger charge is 2.29. The van der Waals surface area contributed by atoms with Crippen LogP contribution in [0, 0.1) is 0 Å². The van der Waals surface area contributed by atoms with E-state index in [0.717, 1.165) is 37.1 Å². The first-order valence-corrected chi connectivity index (χ1v) is 10.3. The van der Waals surface area contributed by atoms with Crippen molar-refractivity contribution in [2.45, 2.75) is 71.8 Å². The fourth-order valence-electron chi connectivity index (χ4n) is 4.13. The van der Waals surface area contributed by atoms with Gasteiger partial charge in [-0.25, -0.2) is 4.79 Å². The Kier molecular flexibility index (Phi) is 5.67. The van der Waals surface area contributed by atoms with E-state index in [1.165, 1.54) is 28.8 Å². The smallest absolute Gasteiger partial charge is 0.318 e. The second kappa shape index (κ2) is 8.35. The molecule has 0 aromatic carbocycles. The summed E-state index contributed by atoms with van der Waals surface area (Å²) in [4.78, 5) is 19.6. The average molecular weight is 383 g/mol. The van der Waals surface area contributed by atoms with Gasteiger partial charge in [0.2, 0.25) is 0 Å². The molecule has 6 heteroatoms. The monoisotopic (exact) mass is 383 g/mol. The van der Waals surface area contributed by atoms with E-state index in [1.54, 1.807) is 6.26 Å². The zero-order valence-electron chi connectivity index (χ0n) is 16.8. The first-order valence-electron chi connectivity index (χ1n) is 10.3. The number of urea groups is 1. The highest BCUT2D eigenvalue weighted by Crippen LogP contribution is 2.32. The Balaban J connectivity index is 1.54. The molecule has 0 saturated heterocycles. The number of rotatable bonds is 5. The fourth-order valence-corrected chi connectivity index (χ4v) is 4.13. The Hall–Kier alpha value is -2.34. The number of aromatic nitrogens is 1. The lowest BCUT2D eigenvalue weighted by molar-refractivity contribution is 0.0393. The lowest BCUT2D eigenvalue weighted by atomic mass is 9.89. The van der Waals surface area contributed by atoms with Crippen molar-refractivity contribution >= 4 is 6.03 Å². The number of fused-ring (bicyclic) bond motifs is 3. The number of carbonyl (C=O) groups excluding carboxylic acids is 1. The van der Waals surface area contributed by atoms with Gasteiger partial charge >= 0.3 is 6.03 Å². The highest BCUT2D eigenvalue weighted by atomic mass is 16.5. The number of hydrogen-bond acceptors (Lipinski definition) is 4. The van der Waals surface area contributed by atoms with E-state index in [2.05, 4.69) is 19.2 Å². The number of carbonyl (C=O) groups is 1. The summed E-state index contributed by atoms with van der Waals surface area (Å²) in [6, 6.07) is 3.63. The van der Waals surface area contributed by atoms with E-state index in [9.17, 15) is 4.79 Å². The lowest BCUT2D eigenvalue weighted by Gasteiger charge is -2.34. The SMILES string of the molecule is CCCCc1nc2c(c3c1C[C@H](C)OC3)CN(C(=O)NCc1ccco1)CC2. The van der Waals surface area contributed by atoms with Crippen molar-refractivity contribution in [3.05, 3.63) is 52.2 Å². The minimum atomic E-state index is -0.0593. The Morgan fingerprint density at radius 2 is 2.25 bits per heavy atom. The molecule has 0 fully saturated rings. The number of amides is 2. The zero-order valence-corrected chi connectivity index (χ0v) is 16.8. The number of furan rings is 1. The minimum absolute atomic E-state index is 0.0593. The second-order valence-electron chi connectivity index (χ2n) is 7.78. The molecule has 4 heterocycles. The van der Waals surface area contributed by atoms with Crippen LogP contribution in [0.3, 0.4) is 0 Å². The van der Waals surface area contributed by atoms with Crippen molar-refractivity contribution < 1.29 is 13.9 Å². The maximum absolute atomic E-state index is 12.7. The molecular weight excluding hydrogens is 354 g/mol. The Morgan fingerprint density at radius 1 is 1.36 bits per heavy atom. The molecule has 0 saturated carbocycles. The summed E-state index contributed by atoms with van der Waals surface area (Å²) in [5, 5.41) is 2.95. The van der Waals surface area contributed by atoms with Gasteiger partial charge in [0.05, 0.1) is 25.5 Å². The summed E-state index contributed by atoms with van der Waals surface area (Å²) < 4.78 is 11.3. The molecule has 4 rings (SSSR count). The molecule has 1 N–H and O–H groups in total. The molecule has 28 heavy (non-hydrogen) atoms. The summed E-state index contributed by atoms with van der Waals surface area (Å²) in [6.45, 7) is 6.66. The van der Waals surface area contributed by atoms with E-state index >= 15 is 0 Å². The molecular formula is C22H29N3O3. The third-order valence-electron chi connectivity index (χ3n) is 5.71. The third kappa shape index (κ3) is 3.92. The van der Waals surface area contributed by atoms with Crippen molar-refractivity contribution in [2.75, 3.05) is 6.54 Å². The first kappa shape index (κ1) is 19.0. The van der Waals surface area contributed by atoms with Gasteiger partial charge in [-0.05, 0) is 48.6 Å². The first-order chi connectivity index (χ1) is 13.7.